The Labute approximate surface area is 184 Å². The number of amides is 1. The number of rotatable bonds is 6. The van der Waals surface area contributed by atoms with Crippen LogP contribution in [-0.2, 0) is 14.3 Å². The third-order valence-corrected chi connectivity index (χ3v) is 6.57. The Morgan fingerprint density at radius 2 is 1.77 bits per heavy atom. The van der Waals surface area contributed by atoms with Gasteiger partial charge in [-0.15, -0.1) is 23.4 Å². The Bertz CT molecular complexity index is 955. The van der Waals surface area contributed by atoms with Gasteiger partial charge in [-0.1, -0.05) is 72.8 Å². The number of allylic oxidation sites excluding steroid dienone is 2. The lowest BCUT2D eigenvalue weighted by Crippen LogP contribution is -2.68. The first kappa shape index (κ1) is 20.7. The van der Waals surface area contributed by atoms with Crippen LogP contribution in [0, 0.1) is 0 Å². The van der Waals surface area contributed by atoms with E-state index in [-0.39, 0.29) is 17.0 Å². The highest BCUT2D eigenvalue weighted by molar-refractivity contribution is 8.00. The van der Waals surface area contributed by atoms with E-state index >= 15 is 0 Å². The second-order valence-corrected chi connectivity index (χ2v) is 8.39. The Hall–Kier alpha value is -2.54. The molecule has 5 nitrogen and oxygen atoms in total. The number of alkyl halides is 1. The van der Waals surface area contributed by atoms with Gasteiger partial charge in [-0.2, -0.15) is 0 Å². The first-order chi connectivity index (χ1) is 14.6. The van der Waals surface area contributed by atoms with Crippen LogP contribution in [0.1, 0.15) is 17.2 Å². The molecule has 154 valence electrons. The largest absolute Gasteiger partial charge is 0.448 e. The molecule has 30 heavy (non-hydrogen) atoms. The second kappa shape index (κ2) is 9.08. The Morgan fingerprint density at radius 3 is 2.33 bits per heavy atom. The van der Waals surface area contributed by atoms with E-state index in [1.54, 1.807) is 12.2 Å². The number of thioether (sulfide) groups is 1. The molecule has 0 aromatic heterocycles. The zero-order valence-corrected chi connectivity index (χ0v) is 17.7. The highest BCUT2D eigenvalue weighted by Crippen LogP contribution is 2.41. The number of ether oxygens (including phenoxy) is 1. The summed E-state index contributed by atoms with van der Waals surface area (Å²) in [6.07, 6.45) is 2.94. The molecule has 2 heterocycles. The minimum Gasteiger partial charge on any atom is -0.448 e. The lowest BCUT2D eigenvalue weighted by atomic mass is 10.0. The second-order valence-electron chi connectivity index (χ2n) is 6.97. The van der Waals surface area contributed by atoms with Crippen molar-refractivity contribution < 1.29 is 14.3 Å². The van der Waals surface area contributed by atoms with E-state index < -0.39 is 18.1 Å². The van der Waals surface area contributed by atoms with Gasteiger partial charge in [0.2, 0.25) is 5.91 Å². The lowest BCUT2D eigenvalue weighted by Gasteiger charge is -2.48. The van der Waals surface area contributed by atoms with Gasteiger partial charge in [0.15, 0.2) is 6.10 Å². The van der Waals surface area contributed by atoms with Crippen molar-refractivity contribution in [3.8, 4) is 0 Å². The number of hydrogen-bond donors (Lipinski definition) is 1. The van der Waals surface area contributed by atoms with Gasteiger partial charge in [-0.05, 0) is 16.7 Å². The Balaban J connectivity index is 1.70. The van der Waals surface area contributed by atoms with Crippen LogP contribution in [-0.4, -0.2) is 39.8 Å². The summed E-state index contributed by atoms with van der Waals surface area (Å²) in [5, 5.41) is -0.250. The average molecular weight is 441 g/mol. The lowest BCUT2D eigenvalue weighted by molar-refractivity contribution is -0.153. The van der Waals surface area contributed by atoms with Gasteiger partial charge in [0.05, 0.1) is 0 Å². The molecular weight excluding hydrogens is 420 g/mol. The van der Waals surface area contributed by atoms with Crippen LogP contribution < -0.4 is 5.73 Å². The van der Waals surface area contributed by atoms with Crippen molar-refractivity contribution in [3.63, 3.8) is 0 Å². The first-order valence-corrected chi connectivity index (χ1v) is 11.2. The summed E-state index contributed by atoms with van der Waals surface area (Å²) < 4.78 is 6.00. The number of benzene rings is 2. The molecule has 0 aliphatic carbocycles. The highest BCUT2D eigenvalue weighted by Gasteiger charge is 2.52. The van der Waals surface area contributed by atoms with Crippen molar-refractivity contribution in [3.05, 3.63) is 95.2 Å². The van der Waals surface area contributed by atoms with Crippen molar-refractivity contribution in [2.45, 2.75) is 17.5 Å². The maximum Gasteiger partial charge on any atom is 0.356 e. The summed E-state index contributed by atoms with van der Waals surface area (Å²) in [5.41, 5.74) is 8.61. The van der Waals surface area contributed by atoms with Crippen molar-refractivity contribution in [2.24, 2.45) is 5.73 Å². The highest BCUT2D eigenvalue weighted by atomic mass is 35.5. The molecule has 2 aromatic carbocycles. The monoisotopic (exact) mass is 440 g/mol. The van der Waals surface area contributed by atoms with Crippen molar-refractivity contribution in [1.82, 2.24) is 4.90 Å². The number of nitrogens with zero attached hydrogens (tertiary/aromatic N) is 1. The molecule has 0 spiro atoms. The van der Waals surface area contributed by atoms with Crippen molar-refractivity contribution >= 4 is 35.2 Å². The summed E-state index contributed by atoms with van der Waals surface area (Å²) >= 11 is 7.33. The third-order valence-electron chi connectivity index (χ3n) is 5.07. The summed E-state index contributed by atoms with van der Waals surface area (Å²) in [5.74, 6) is 0.0464. The fraction of sp³-hybridized carbons (Fsp3) is 0.217. The molecule has 1 fully saturated rings. The molecular formula is C23H21ClN2O3S. The van der Waals surface area contributed by atoms with Gasteiger partial charge in [-0.25, -0.2) is 4.79 Å². The van der Waals surface area contributed by atoms with Gasteiger partial charge in [0.1, 0.15) is 17.1 Å². The molecule has 0 radical (unpaired) electrons. The zero-order chi connectivity index (χ0) is 21.1. The van der Waals surface area contributed by atoms with Crippen LogP contribution in [0.4, 0.5) is 0 Å². The molecule has 0 saturated carbocycles. The van der Waals surface area contributed by atoms with Crippen LogP contribution in [0.3, 0.4) is 0 Å². The fourth-order valence-corrected chi connectivity index (χ4v) is 4.95. The molecule has 4 rings (SSSR count). The van der Waals surface area contributed by atoms with Gasteiger partial charge >= 0.3 is 5.97 Å². The maximum absolute atomic E-state index is 13.4. The third kappa shape index (κ3) is 3.90. The number of nitrogens with two attached hydrogens (primary N) is 1. The summed E-state index contributed by atoms with van der Waals surface area (Å²) in [7, 11) is 0. The molecule has 2 atom stereocenters. The average Bonchev–Trinajstić information content (AvgIpc) is 2.81. The molecule has 0 bridgehead atoms. The molecule has 1 saturated heterocycles. The van der Waals surface area contributed by atoms with E-state index in [1.807, 2.05) is 60.7 Å². The SMILES string of the molecule is NC1C(=O)N2C(C(=O)OC(c3ccccc3)c3ccccc3)=C(C=CCCl)CS[C@@H]12. The fourth-order valence-electron chi connectivity index (χ4n) is 3.59. The van der Waals surface area contributed by atoms with Crippen LogP contribution >= 0.6 is 23.4 Å². The predicted molar refractivity (Wildman–Crippen MR) is 119 cm³/mol. The number of carbonyl (C=O) groups excluding carboxylic acids is 2. The van der Waals surface area contributed by atoms with Crippen LogP contribution in [0.15, 0.2) is 84.1 Å². The zero-order valence-electron chi connectivity index (χ0n) is 16.1. The number of esters is 1. The molecule has 2 aliphatic heterocycles. The standard InChI is InChI=1S/C23H21ClN2O3S/c24-13-7-12-17-14-30-22-18(25)21(27)26(22)19(17)23(28)29-20(15-8-3-1-4-9-15)16-10-5-2-6-11-16/h1-12,18,20,22H,13-14,25H2/t18?,22-/m0/s1. The number of carbonyl (C=O) groups is 2. The quantitative estimate of drug-likeness (QED) is 0.422. The van der Waals surface area contributed by atoms with E-state index in [0.717, 1.165) is 11.1 Å². The van der Waals surface area contributed by atoms with E-state index in [0.29, 0.717) is 17.2 Å². The number of fused-ring (bicyclic) bond motifs is 1. The molecule has 7 heteroatoms. The van der Waals surface area contributed by atoms with Crippen molar-refractivity contribution in [1.29, 1.82) is 0 Å². The van der Waals surface area contributed by atoms with Gasteiger partial charge in [-0.3, -0.25) is 9.69 Å². The Morgan fingerprint density at radius 1 is 1.17 bits per heavy atom. The molecule has 1 unspecified atom stereocenters. The topological polar surface area (TPSA) is 72.6 Å². The molecule has 2 N–H and O–H groups in total. The van der Waals surface area contributed by atoms with Crippen molar-refractivity contribution in [2.75, 3.05) is 11.6 Å². The maximum atomic E-state index is 13.4. The molecule has 2 aliphatic rings. The minimum absolute atomic E-state index is 0.250. The smallest absolute Gasteiger partial charge is 0.356 e. The number of hydrogen-bond acceptors (Lipinski definition) is 5. The van der Waals surface area contributed by atoms with E-state index in [9.17, 15) is 9.59 Å². The van der Waals surface area contributed by atoms with Gasteiger partial charge in [0.25, 0.3) is 0 Å². The normalized spacial score (nSPS) is 21.0. The van der Waals surface area contributed by atoms with E-state index in [1.165, 1.54) is 16.7 Å². The van der Waals surface area contributed by atoms with Crippen LogP contribution in [0.2, 0.25) is 0 Å². The summed E-state index contributed by atoms with van der Waals surface area (Å²) in [4.78, 5) is 27.3. The summed E-state index contributed by atoms with van der Waals surface area (Å²) in [6.45, 7) is 0. The predicted octanol–water partition coefficient (Wildman–Crippen LogP) is 3.61. The molecule has 1 amide bonds. The number of β-lactam (4-membered cyclic amide) rings is 1. The van der Waals surface area contributed by atoms with E-state index in [2.05, 4.69) is 0 Å². The number of halogens is 1. The van der Waals surface area contributed by atoms with Gasteiger partial charge in [0, 0.05) is 11.6 Å². The molecule has 2 aromatic rings. The first-order valence-electron chi connectivity index (χ1n) is 9.58. The van der Waals surface area contributed by atoms with Crippen LogP contribution in [0.25, 0.3) is 0 Å². The minimum atomic E-state index is -0.601. The van der Waals surface area contributed by atoms with E-state index in [4.69, 9.17) is 22.1 Å². The summed E-state index contributed by atoms with van der Waals surface area (Å²) in [6, 6.07) is 18.5. The Kier molecular flexibility index (Phi) is 6.27. The van der Waals surface area contributed by atoms with Crippen LogP contribution in [0.5, 0.6) is 0 Å². The van der Waals surface area contributed by atoms with Gasteiger partial charge < -0.3 is 10.5 Å².